The van der Waals surface area contributed by atoms with E-state index in [1.165, 1.54) is 12.3 Å². The van der Waals surface area contributed by atoms with Crippen molar-refractivity contribution in [1.29, 1.82) is 0 Å². The maximum atomic E-state index is 5.04. The Balaban J connectivity index is 0. The zero-order valence-electron chi connectivity index (χ0n) is 8.32. The molecule has 82 valence electrons. The van der Waals surface area contributed by atoms with Gasteiger partial charge in [0.1, 0.15) is 0 Å². The summed E-state index contributed by atoms with van der Waals surface area (Å²) >= 11 is -3.29. The zero-order valence-corrected chi connectivity index (χ0v) is 15.6. The average Bonchev–Trinajstić information content (AvgIpc) is 1.79. The van der Waals surface area contributed by atoms with Crippen molar-refractivity contribution < 1.29 is 15.5 Å². The second kappa shape index (κ2) is 10.1. The summed E-state index contributed by atoms with van der Waals surface area (Å²) in [5, 5.41) is 0. The summed E-state index contributed by atoms with van der Waals surface area (Å²) in [6.07, 6.45) is 2.96. The van der Waals surface area contributed by atoms with Crippen molar-refractivity contribution in [3.63, 3.8) is 0 Å². The van der Waals surface area contributed by atoms with Gasteiger partial charge in [-0.2, -0.15) is 0 Å². The van der Waals surface area contributed by atoms with Crippen LogP contribution in [0, 0.1) is 0 Å². The van der Waals surface area contributed by atoms with E-state index < -0.39 is 15.5 Å². The van der Waals surface area contributed by atoms with E-state index in [4.69, 9.17) is 34.1 Å². The molecular formula is C6H16Cl4P2Zr. The van der Waals surface area contributed by atoms with Gasteiger partial charge in [0.05, 0.1) is 0 Å². The molecule has 0 atom stereocenters. The molecule has 0 N–H and O–H groups in total. The molecule has 0 saturated carbocycles. The monoisotopic (exact) mass is 380 g/mol. The van der Waals surface area contributed by atoms with Crippen LogP contribution < -0.4 is 0 Å². The van der Waals surface area contributed by atoms with E-state index in [1.807, 2.05) is 0 Å². The van der Waals surface area contributed by atoms with Gasteiger partial charge >= 0.3 is 49.5 Å². The molecule has 0 amide bonds. The molecule has 0 aromatic carbocycles. The van der Waals surface area contributed by atoms with E-state index in [9.17, 15) is 0 Å². The van der Waals surface area contributed by atoms with Gasteiger partial charge in [-0.15, -0.1) is 15.8 Å². The minimum absolute atomic E-state index is 0.383. The minimum atomic E-state index is -3.29. The van der Waals surface area contributed by atoms with Crippen LogP contribution in [0.2, 0.25) is 0 Å². The Morgan fingerprint density at radius 2 is 0.923 bits per heavy atom. The number of halogens is 4. The Bertz CT molecular complexity index is 102. The third-order valence-corrected chi connectivity index (χ3v) is 3.58. The summed E-state index contributed by atoms with van der Waals surface area (Å²) < 4.78 is 0. The van der Waals surface area contributed by atoms with Crippen molar-refractivity contribution in [2.45, 2.75) is 0 Å². The van der Waals surface area contributed by atoms with Crippen molar-refractivity contribution in [2.75, 3.05) is 39.0 Å². The molecule has 0 unspecified atom stereocenters. The van der Waals surface area contributed by atoms with Crippen LogP contribution in [0.4, 0.5) is 0 Å². The average molecular weight is 383 g/mol. The predicted octanol–water partition coefficient (Wildman–Crippen LogP) is 5.22. The van der Waals surface area contributed by atoms with Crippen molar-refractivity contribution in [3.8, 4) is 0 Å². The third-order valence-electron chi connectivity index (χ3n) is 0.994. The molecule has 0 aromatic heterocycles. The first-order valence-corrected chi connectivity index (χ1v) is 21.2. The maximum absolute atomic E-state index is 5.04. The summed E-state index contributed by atoms with van der Waals surface area (Å²) in [7, 11) is 20.9. The number of hydrogen-bond donors (Lipinski definition) is 0. The van der Waals surface area contributed by atoms with E-state index in [-0.39, 0.29) is 0 Å². The van der Waals surface area contributed by atoms with Crippen LogP contribution in [0.1, 0.15) is 0 Å². The molecule has 0 saturated heterocycles. The van der Waals surface area contributed by atoms with Gasteiger partial charge in [-0.25, -0.2) is 0 Å². The quantitative estimate of drug-likeness (QED) is 0.586. The molecule has 0 bridgehead atoms. The van der Waals surface area contributed by atoms with Crippen molar-refractivity contribution in [1.82, 2.24) is 0 Å². The standard InChI is InChI=1S/C6H16P2.4ClH.Zr/c1-7(2)5-6-8(3)4;;;;;/h5-6H2,1-4H3;4*1H;/q;;;;;+4/p-4. The van der Waals surface area contributed by atoms with Crippen molar-refractivity contribution >= 4 is 49.9 Å². The van der Waals surface area contributed by atoms with Crippen LogP contribution in [0.5, 0.6) is 0 Å². The Morgan fingerprint density at radius 1 is 0.769 bits per heavy atom. The van der Waals surface area contributed by atoms with Gasteiger partial charge in [0.15, 0.2) is 0 Å². The van der Waals surface area contributed by atoms with E-state index in [0.29, 0.717) is 15.8 Å². The molecule has 13 heavy (non-hydrogen) atoms. The summed E-state index contributed by atoms with van der Waals surface area (Å²) in [5.41, 5.74) is 0. The molecule has 7 heteroatoms. The number of hydrogen-bond acceptors (Lipinski definition) is 0. The predicted molar refractivity (Wildman–Crippen MR) is 70.7 cm³/mol. The van der Waals surface area contributed by atoms with Gasteiger partial charge < -0.3 is 0 Å². The molecule has 0 radical (unpaired) electrons. The zero-order chi connectivity index (χ0) is 11.1. The normalized spacial score (nSPS) is 11.5. The molecule has 0 spiro atoms. The van der Waals surface area contributed by atoms with Crippen molar-refractivity contribution in [2.24, 2.45) is 0 Å². The Kier molecular flexibility index (Phi) is 14.2. The van der Waals surface area contributed by atoms with Gasteiger partial charge in [0.25, 0.3) is 0 Å². The van der Waals surface area contributed by atoms with Crippen LogP contribution in [0.25, 0.3) is 0 Å². The van der Waals surface area contributed by atoms with Crippen LogP contribution >= 0.6 is 49.9 Å². The van der Waals surface area contributed by atoms with Crippen LogP contribution in [0.15, 0.2) is 0 Å². The molecule has 0 aliphatic rings. The van der Waals surface area contributed by atoms with E-state index in [1.54, 1.807) is 0 Å². The summed E-state index contributed by atoms with van der Waals surface area (Å²) in [5.74, 6) is 0. The molecule has 0 fully saturated rings. The third kappa shape index (κ3) is 39.7. The van der Waals surface area contributed by atoms with Crippen molar-refractivity contribution in [3.05, 3.63) is 0 Å². The topological polar surface area (TPSA) is 0 Å². The first-order chi connectivity index (χ1) is 5.63. The van der Waals surface area contributed by atoms with Crippen LogP contribution in [0.3, 0.4) is 0 Å². The SMILES string of the molecule is CP(C)CCP(C)C.[Cl][Zr]([Cl])([Cl])[Cl]. The molecule has 0 rings (SSSR count). The molecule has 0 heterocycles. The van der Waals surface area contributed by atoms with Gasteiger partial charge in [-0.3, -0.25) is 0 Å². The number of rotatable bonds is 3. The first kappa shape index (κ1) is 18.3. The van der Waals surface area contributed by atoms with E-state index in [0.717, 1.165) is 0 Å². The fourth-order valence-electron chi connectivity index (χ4n) is 0.400. The molecule has 0 aliphatic heterocycles. The van der Waals surface area contributed by atoms with Gasteiger partial charge in [0.2, 0.25) is 0 Å². The van der Waals surface area contributed by atoms with E-state index in [2.05, 4.69) is 26.7 Å². The fraction of sp³-hybridized carbons (Fsp3) is 1.00. The van der Waals surface area contributed by atoms with Gasteiger partial charge in [0, 0.05) is 0 Å². The summed E-state index contributed by atoms with van der Waals surface area (Å²) in [6, 6.07) is 0. The van der Waals surface area contributed by atoms with E-state index >= 15 is 0 Å². The summed E-state index contributed by atoms with van der Waals surface area (Å²) in [4.78, 5) is 0. The second-order valence-corrected chi connectivity index (χ2v) is 30.6. The van der Waals surface area contributed by atoms with Crippen LogP contribution in [-0.2, 0) is 15.5 Å². The Labute approximate surface area is 103 Å². The van der Waals surface area contributed by atoms with Gasteiger partial charge in [-0.05, 0) is 39.0 Å². The fourth-order valence-corrected chi connectivity index (χ4v) is 3.60. The molecular weight excluding hydrogens is 367 g/mol. The Morgan fingerprint density at radius 3 is 1.00 bits per heavy atom. The first-order valence-electron chi connectivity index (χ1n) is 3.68. The second-order valence-electron chi connectivity index (χ2n) is 3.04. The summed E-state index contributed by atoms with van der Waals surface area (Å²) in [6.45, 7) is 9.42. The van der Waals surface area contributed by atoms with Gasteiger partial charge in [-0.1, -0.05) is 0 Å². The van der Waals surface area contributed by atoms with Crippen LogP contribution in [-0.4, -0.2) is 39.0 Å². The molecule has 0 aliphatic carbocycles. The molecule has 0 aromatic rings. The molecule has 0 nitrogen and oxygen atoms in total. The Hall–Kier alpha value is 2.90.